The Morgan fingerprint density at radius 2 is 2.07 bits per heavy atom. The average Bonchev–Trinajstić information content (AvgIpc) is 2.06. The van der Waals surface area contributed by atoms with Crippen LogP contribution in [0.25, 0.3) is 0 Å². The molecule has 0 aliphatic carbocycles. The summed E-state index contributed by atoms with van der Waals surface area (Å²) in [7, 11) is 0. The molecule has 1 saturated heterocycles. The Morgan fingerprint density at radius 1 is 1.40 bits per heavy atom. The van der Waals surface area contributed by atoms with Gasteiger partial charge in [0.2, 0.25) is 0 Å². The van der Waals surface area contributed by atoms with E-state index in [1.54, 1.807) is 0 Å². The van der Waals surface area contributed by atoms with E-state index in [2.05, 4.69) is 17.0 Å². The summed E-state index contributed by atoms with van der Waals surface area (Å²) in [6, 6.07) is 0. The third-order valence-corrected chi connectivity index (χ3v) is 2.14. The van der Waals surface area contributed by atoms with E-state index in [4.69, 9.17) is 4.74 Å². The van der Waals surface area contributed by atoms with Crippen molar-refractivity contribution in [1.82, 2.24) is 5.32 Å². The number of halogens is 3. The molecule has 0 spiro atoms. The first kappa shape index (κ1) is 12.7. The largest absolute Gasteiger partial charge is 0.411 e. The second kappa shape index (κ2) is 5.14. The number of hydrogen-bond donors (Lipinski definition) is 1. The highest BCUT2D eigenvalue weighted by atomic mass is 19.4. The van der Waals surface area contributed by atoms with Gasteiger partial charge in [-0.3, -0.25) is 0 Å². The van der Waals surface area contributed by atoms with Crippen molar-refractivity contribution in [3.05, 3.63) is 0 Å². The van der Waals surface area contributed by atoms with Crippen LogP contribution in [0.15, 0.2) is 0 Å². The Kier molecular flexibility index (Phi) is 4.36. The van der Waals surface area contributed by atoms with Crippen LogP contribution in [-0.4, -0.2) is 45.7 Å². The predicted molar refractivity (Wildman–Crippen MR) is 48.7 cm³/mol. The molecule has 3 nitrogen and oxygen atoms in total. The van der Waals surface area contributed by atoms with Gasteiger partial charge in [0.15, 0.2) is 0 Å². The standard InChI is InChI=1S/C9H16F3NO2/c1-8(5-15-6-8)4-13-2-3-14-7-9(10,11)12/h13H,2-7H2,1H3. The SMILES string of the molecule is CC1(CNCCOCC(F)(F)F)COC1. The smallest absolute Gasteiger partial charge is 0.380 e. The van der Waals surface area contributed by atoms with Gasteiger partial charge < -0.3 is 14.8 Å². The Morgan fingerprint density at radius 3 is 2.53 bits per heavy atom. The van der Waals surface area contributed by atoms with E-state index < -0.39 is 12.8 Å². The topological polar surface area (TPSA) is 30.5 Å². The van der Waals surface area contributed by atoms with Gasteiger partial charge in [-0.2, -0.15) is 13.2 Å². The van der Waals surface area contributed by atoms with Crippen molar-refractivity contribution >= 4 is 0 Å². The van der Waals surface area contributed by atoms with Crippen LogP contribution in [0.4, 0.5) is 13.2 Å². The van der Waals surface area contributed by atoms with Crippen molar-refractivity contribution in [3.8, 4) is 0 Å². The first-order chi connectivity index (χ1) is 6.91. The molecule has 1 aliphatic heterocycles. The number of alkyl halides is 3. The molecule has 0 aromatic carbocycles. The molecule has 1 aliphatic rings. The summed E-state index contributed by atoms with van der Waals surface area (Å²) in [6.07, 6.45) is -4.23. The fourth-order valence-electron chi connectivity index (χ4n) is 1.27. The molecular formula is C9H16F3NO2. The van der Waals surface area contributed by atoms with E-state index in [-0.39, 0.29) is 12.0 Å². The monoisotopic (exact) mass is 227 g/mol. The van der Waals surface area contributed by atoms with E-state index in [9.17, 15) is 13.2 Å². The molecule has 0 bridgehead atoms. The van der Waals surface area contributed by atoms with E-state index in [0.717, 1.165) is 6.54 Å². The summed E-state index contributed by atoms with van der Waals surface area (Å²) >= 11 is 0. The zero-order valence-electron chi connectivity index (χ0n) is 8.69. The zero-order valence-corrected chi connectivity index (χ0v) is 8.69. The molecule has 0 unspecified atom stereocenters. The van der Waals surface area contributed by atoms with Crippen molar-refractivity contribution in [2.24, 2.45) is 5.41 Å². The number of ether oxygens (including phenoxy) is 2. The molecule has 1 rings (SSSR count). The lowest BCUT2D eigenvalue weighted by atomic mass is 9.89. The maximum absolute atomic E-state index is 11.7. The van der Waals surface area contributed by atoms with Gasteiger partial charge in [0.05, 0.1) is 19.8 Å². The lowest BCUT2D eigenvalue weighted by Crippen LogP contribution is -2.47. The molecule has 0 saturated carbocycles. The molecule has 0 atom stereocenters. The lowest BCUT2D eigenvalue weighted by Gasteiger charge is -2.38. The number of hydrogen-bond acceptors (Lipinski definition) is 3. The highest BCUT2D eigenvalue weighted by Gasteiger charge is 2.32. The molecule has 1 N–H and O–H groups in total. The summed E-state index contributed by atoms with van der Waals surface area (Å²) in [5.41, 5.74) is 0.143. The number of rotatable bonds is 6. The molecule has 1 heterocycles. The predicted octanol–water partition coefficient (Wildman–Crippen LogP) is 1.19. The lowest BCUT2D eigenvalue weighted by molar-refractivity contribution is -0.173. The molecule has 0 aromatic heterocycles. The Bertz CT molecular complexity index is 192. The summed E-state index contributed by atoms with van der Waals surface area (Å²) < 4.78 is 44.5. The summed E-state index contributed by atoms with van der Waals surface area (Å²) in [6.45, 7) is 3.59. The summed E-state index contributed by atoms with van der Waals surface area (Å²) in [5.74, 6) is 0. The highest BCUT2D eigenvalue weighted by Crippen LogP contribution is 2.24. The Labute approximate surface area is 86.9 Å². The minimum Gasteiger partial charge on any atom is -0.380 e. The van der Waals surface area contributed by atoms with Crippen LogP contribution in [0, 0.1) is 5.41 Å². The summed E-state index contributed by atoms with van der Waals surface area (Å²) in [4.78, 5) is 0. The Hall–Kier alpha value is -0.330. The molecule has 0 radical (unpaired) electrons. The van der Waals surface area contributed by atoms with Gasteiger partial charge in [0.25, 0.3) is 0 Å². The minimum absolute atomic E-state index is 0.0798. The molecule has 90 valence electrons. The van der Waals surface area contributed by atoms with E-state index in [0.29, 0.717) is 19.8 Å². The van der Waals surface area contributed by atoms with Gasteiger partial charge in [0.1, 0.15) is 6.61 Å². The zero-order chi connectivity index (χ0) is 11.4. The summed E-state index contributed by atoms with van der Waals surface area (Å²) in [5, 5.41) is 3.04. The van der Waals surface area contributed by atoms with Gasteiger partial charge in [-0.1, -0.05) is 6.92 Å². The van der Waals surface area contributed by atoms with Crippen molar-refractivity contribution in [2.75, 3.05) is 39.5 Å². The van der Waals surface area contributed by atoms with Crippen molar-refractivity contribution in [3.63, 3.8) is 0 Å². The normalized spacial score (nSPS) is 20.0. The van der Waals surface area contributed by atoms with Gasteiger partial charge in [-0.25, -0.2) is 0 Å². The second-order valence-corrected chi connectivity index (χ2v) is 4.15. The second-order valence-electron chi connectivity index (χ2n) is 4.15. The van der Waals surface area contributed by atoms with Crippen LogP contribution in [0.5, 0.6) is 0 Å². The molecule has 1 fully saturated rings. The number of nitrogens with one attached hydrogen (secondary N) is 1. The van der Waals surface area contributed by atoms with E-state index in [1.807, 2.05) is 0 Å². The van der Waals surface area contributed by atoms with Gasteiger partial charge >= 0.3 is 6.18 Å². The quantitative estimate of drug-likeness (QED) is 0.691. The van der Waals surface area contributed by atoms with Crippen LogP contribution >= 0.6 is 0 Å². The van der Waals surface area contributed by atoms with Crippen molar-refractivity contribution < 1.29 is 22.6 Å². The van der Waals surface area contributed by atoms with E-state index >= 15 is 0 Å². The van der Waals surface area contributed by atoms with Gasteiger partial charge in [-0.15, -0.1) is 0 Å². The first-order valence-corrected chi connectivity index (χ1v) is 4.84. The van der Waals surface area contributed by atoms with Crippen LogP contribution < -0.4 is 5.32 Å². The average molecular weight is 227 g/mol. The maximum atomic E-state index is 11.7. The van der Waals surface area contributed by atoms with Crippen LogP contribution in [0.2, 0.25) is 0 Å². The van der Waals surface area contributed by atoms with Gasteiger partial charge in [0, 0.05) is 18.5 Å². The molecular weight excluding hydrogens is 211 g/mol. The fourth-order valence-corrected chi connectivity index (χ4v) is 1.27. The van der Waals surface area contributed by atoms with Crippen molar-refractivity contribution in [1.29, 1.82) is 0 Å². The highest BCUT2D eigenvalue weighted by molar-refractivity contribution is 4.82. The third kappa shape index (κ3) is 5.34. The van der Waals surface area contributed by atoms with Gasteiger partial charge in [-0.05, 0) is 0 Å². The first-order valence-electron chi connectivity index (χ1n) is 4.84. The minimum atomic E-state index is -4.23. The molecule has 15 heavy (non-hydrogen) atoms. The fraction of sp³-hybridized carbons (Fsp3) is 1.00. The Balaban J connectivity index is 1.89. The maximum Gasteiger partial charge on any atom is 0.411 e. The van der Waals surface area contributed by atoms with Crippen LogP contribution in [0.3, 0.4) is 0 Å². The molecule has 0 aromatic rings. The molecule has 0 amide bonds. The van der Waals surface area contributed by atoms with Crippen LogP contribution in [-0.2, 0) is 9.47 Å². The molecule has 6 heteroatoms. The van der Waals surface area contributed by atoms with E-state index in [1.165, 1.54) is 0 Å². The third-order valence-electron chi connectivity index (χ3n) is 2.14. The van der Waals surface area contributed by atoms with Crippen molar-refractivity contribution in [2.45, 2.75) is 13.1 Å². The van der Waals surface area contributed by atoms with Crippen LogP contribution in [0.1, 0.15) is 6.92 Å².